The summed E-state index contributed by atoms with van der Waals surface area (Å²) in [7, 11) is 0. The second-order valence-corrected chi connectivity index (χ2v) is 5.74. The molecule has 1 aliphatic rings. The summed E-state index contributed by atoms with van der Waals surface area (Å²) < 4.78 is 17.8. The summed E-state index contributed by atoms with van der Waals surface area (Å²) in [5.74, 6) is -0.688. The SMILES string of the molecule is CCOC(=O)N1CCN(C(=S)NC(=O)/C=C/c2ccc(F)cc2)CC1. The molecule has 2 amide bonds. The van der Waals surface area contributed by atoms with Crippen molar-refractivity contribution in [2.45, 2.75) is 6.92 Å². The number of carbonyl (C=O) groups excluding carboxylic acids is 2. The molecule has 0 aliphatic carbocycles. The Bertz CT molecular complexity index is 656. The van der Waals surface area contributed by atoms with Gasteiger partial charge in [0.15, 0.2) is 5.11 Å². The van der Waals surface area contributed by atoms with Crippen molar-refractivity contribution >= 4 is 35.4 Å². The molecule has 1 aliphatic heterocycles. The zero-order chi connectivity index (χ0) is 18.2. The van der Waals surface area contributed by atoms with E-state index >= 15 is 0 Å². The molecule has 0 bridgehead atoms. The Labute approximate surface area is 151 Å². The molecule has 134 valence electrons. The predicted octanol–water partition coefficient (Wildman–Crippen LogP) is 2.01. The maximum absolute atomic E-state index is 12.8. The highest BCUT2D eigenvalue weighted by molar-refractivity contribution is 7.80. The minimum atomic E-state index is -0.359. The van der Waals surface area contributed by atoms with Crippen LogP contribution < -0.4 is 5.32 Å². The molecule has 0 unspecified atom stereocenters. The van der Waals surface area contributed by atoms with Crippen molar-refractivity contribution < 1.29 is 18.7 Å². The molecule has 0 atom stereocenters. The summed E-state index contributed by atoms with van der Waals surface area (Å²) in [5.41, 5.74) is 0.713. The standard InChI is InChI=1S/C17H20FN3O3S/c1-2-24-17(23)21-11-9-20(10-12-21)16(25)19-15(22)8-5-13-3-6-14(18)7-4-13/h3-8H,2,9-12H2,1H3,(H,19,22,25)/b8-5+. The maximum atomic E-state index is 12.8. The van der Waals surface area contributed by atoms with Crippen LogP contribution in [0.2, 0.25) is 0 Å². The lowest BCUT2D eigenvalue weighted by Crippen LogP contribution is -2.53. The second-order valence-electron chi connectivity index (χ2n) is 5.35. The number of benzene rings is 1. The molecule has 1 N–H and O–H groups in total. The number of ether oxygens (including phenoxy) is 1. The maximum Gasteiger partial charge on any atom is 0.409 e. The molecule has 0 saturated carbocycles. The van der Waals surface area contributed by atoms with Gasteiger partial charge in [-0.05, 0) is 42.9 Å². The summed E-state index contributed by atoms with van der Waals surface area (Å²) in [4.78, 5) is 27.0. The molecule has 1 saturated heterocycles. The number of halogens is 1. The van der Waals surface area contributed by atoms with E-state index in [1.54, 1.807) is 30.0 Å². The number of rotatable bonds is 3. The third-order valence-corrected chi connectivity index (χ3v) is 3.98. The number of thiocarbonyl (C=S) groups is 1. The van der Waals surface area contributed by atoms with Crippen molar-refractivity contribution in [3.63, 3.8) is 0 Å². The lowest BCUT2D eigenvalue weighted by Gasteiger charge is -2.35. The quantitative estimate of drug-likeness (QED) is 0.656. The van der Waals surface area contributed by atoms with Crippen molar-refractivity contribution in [2.24, 2.45) is 0 Å². The third-order valence-electron chi connectivity index (χ3n) is 3.62. The number of nitrogens with one attached hydrogen (secondary N) is 1. The van der Waals surface area contributed by atoms with Crippen LogP contribution in [-0.2, 0) is 9.53 Å². The van der Waals surface area contributed by atoms with Crippen molar-refractivity contribution in [3.05, 3.63) is 41.7 Å². The topological polar surface area (TPSA) is 61.9 Å². The number of carbonyl (C=O) groups is 2. The average Bonchev–Trinajstić information content (AvgIpc) is 2.61. The van der Waals surface area contributed by atoms with Gasteiger partial charge in [0.2, 0.25) is 5.91 Å². The Hall–Kier alpha value is -2.48. The normalized spacial score (nSPS) is 14.5. The number of amides is 2. The molecule has 2 rings (SSSR count). The Balaban J connectivity index is 1.79. The van der Waals surface area contributed by atoms with Crippen LogP contribution in [0.4, 0.5) is 9.18 Å². The van der Waals surface area contributed by atoms with E-state index in [9.17, 15) is 14.0 Å². The van der Waals surface area contributed by atoms with E-state index < -0.39 is 0 Å². The highest BCUT2D eigenvalue weighted by Crippen LogP contribution is 2.06. The van der Waals surface area contributed by atoms with Crippen molar-refractivity contribution in [3.8, 4) is 0 Å². The monoisotopic (exact) mass is 365 g/mol. The van der Waals surface area contributed by atoms with E-state index in [4.69, 9.17) is 17.0 Å². The van der Waals surface area contributed by atoms with Crippen LogP contribution in [0.1, 0.15) is 12.5 Å². The summed E-state index contributed by atoms with van der Waals surface area (Å²) in [6.07, 6.45) is 2.59. The molecular weight excluding hydrogens is 345 g/mol. The van der Waals surface area contributed by atoms with Crippen molar-refractivity contribution in [2.75, 3.05) is 32.8 Å². The van der Waals surface area contributed by atoms with Gasteiger partial charge < -0.3 is 14.5 Å². The van der Waals surface area contributed by atoms with Gasteiger partial charge in [-0.3, -0.25) is 10.1 Å². The Morgan fingerprint density at radius 2 is 1.80 bits per heavy atom. The van der Waals surface area contributed by atoms with E-state index in [0.717, 1.165) is 0 Å². The first-order valence-corrected chi connectivity index (χ1v) is 8.35. The van der Waals surface area contributed by atoms with Crippen LogP contribution in [-0.4, -0.2) is 59.7 Å². The second kappa shape index (κ2) is 9.12. The number of piperazine rings is 1. The zero-order valence-electron chi connectivity index (χ0n) is 13.9. The van der Waals surface area contributed by atoms with Gasteiger partial charge in [0.05, 0.1) is 6.61 Å². The molecule has 0 spiro atoms. The molecular formula is C17H20FN3O3S. The number of hydrogen-bond acceptors (Lipinski definition) is 4. The van der Waals surface area contributed by atoms with Crippen LogP contribution in [0.15, 0.2) is 30.3 Å². The smallest absolute Gasteiger partial charge is 0.409 e. The van der Waals surface area contributed by atoms with Gasteiger partial charge in [-0.25, -0.2) is 9.18 Å². The lowest BCUT2D eigenvalue weighted by molar-refractivity contribution is -0.115. The Morgan fingerprint density at radius 1 is 1.20 bits per heavy atom. The van der Waals surface area contributed by atoms with Crippen LogP contribution in [0.5, 0.6) is 0 Å². The molecule has 1 heterocycles. The first-order chi connectivity index (χ1) is 12.0. The lowest BCUT2D eigenvalue weighted by atomic mass is 10.2. The molecule has 6 nitrogen and oxygen atoms in total. The summed E-state index contributed by atoms with van der Waals surface area (Å²) in [6.45, 7) is 4.13. The van der Waals surface area contributed by atoms with E-state index in [2.05, 4.69) is 5.32 Å². The molecule has 8 heteroatoms. The average molecular weight is 365 g/mol. The molecule has 1 fully saturated rings. The zero-order valence-corrected chi connectivity index (χ0v) is 14.7. The van der Waals surface area contributed by atoms with Crippen LogP contribution >= 0.6 is 12.2 Å². The van der Waals surface area contributed by atoms with Gasteiger partial charge in [0, 0.05) is 32.3 Å². The highest BCUT2D eigenvalue weighted by Gasteiger charge is 2.23. The molecule has 25 heavy (non-hydrogen) atoms. The molecule has 1 aromatic rings. The first-order valence-electron chi connectivity index (χ1n) is 7.95. The van der Waals surface area contributed by atoms with Gasteiger partial charge in [0.1, 0.15) is 5.82 Å². The van der Waals surface area contributed by atoms with Crippen molar-refractivity contribution in [1.29, 1.82) is 0 Å². The minimum Gasteiger partial charge on any atom is -0.450 e. The fourth-order valence-electron chi connectivity index (χ4n) is 2.28. The Morgan fingerprint density at radius 3 is 2.40 bits per heavy atom. The summed E-state index contributed by atoms with van der Waals surface area (Å²) >= 11 is 5.23. The Kier molecular flexibility index (Phi) is 6.88. The van der Waals surface area contributed by atoms with Crippen LogP contribution in [0.3, 0.4) is 0 Å². The van der Waals surface area contributed by atoms with Gasteiger partial charge in [-0.15, -0.1) is 0 Å². The van der Waals surface area contributed by atoms with E-state index in [1.807, 2.05) is 4.90 Å². The fourth-order valence-corrected chi connectivity index (χ4v) is 2.56. The minimum absolute atomic E-state index is 0.317. The van der Waals surface area contributed by atoms with Crippen LogP contribution in [0, 0.1) is 5.82 Å². The molecule has 0 aromatic heterocycles. The summed E-state index contributed by atoms with van der Waals surface area (Å²) in [5, 5.41) is 2.94. The fraction of sp³-hybridized carbons (Fsp3) is 0.353. The van der Waals surface area contributed by atoms with Gasteiger partial charge in [-0.1, -0.05) is 12.1 Å². The summed E-state index contributed by atoms with van der Waals surface area (Å²) in [6, 6.07) is 5.80. The third kappa shape index (κ3) is 5.82. The van der Waals surface area contributed by atoms with Gasteiger partial charge >= 0.3 is 6.09 Å². The van der Waals surface area contributed by atoms with E-state index in [1.165, 1.54) is 18.2 Å². The molecule has 0 radical (unpaired) electrons. The first kappa shape index (κ1) is 18.9. The molecule has 1 aromatic carbocycles. The largest absolute Gasteiger partial charge is 0.450 e. The highest BCUT2D eigenvalue weighted by atomic mass is 32.1. The van der Waals surface area contributed by atoms with E-state index in [0.29, 0.717) is 43.5 Å². The number of nitrogens with zero attached hydrogens (tertiary/aromatic N) is 2. The predicted molar refractivity (Wildman–Crippen MR) is 96.3 cm³/mol. The van der Waals surface area contributed by atoms with Gasteiger partial charge in [-0.2, -0.15) is 0 Å². The van der Waals surface area contributed by atoms with Crippen LogP contribution in [0.25, 0.3) is 6.08 Å². The van der Waals surface area contributed by atoms with E-state index in [-0.39, 0.29) is 17.8 Å². The van der Waals surface area contributed by atoms with Crippen molar-refractivity contribution in [1.82, 2.24) is 15.1 Å². The number of hydrogen-bond donors (Lipinski definition) is 1. The van der Waals surface area contributed by atoms with Gasteiger partial charge in [0.25, 0.3) is 0 Å².